The Bertz CT molecular complexity index is 577. The van der Waals surface area contributed by atoms with Gasteiger partial charge in [-0.25, -0.2) is 4.39 Å². The first kappa shape index (κ1) is 14.7. The van der Waals surface area contributed by atoms with Crippen LogP contribution in [0.1, 0.15) is 11.6 Å². The fourth-order valence-electron chi connectivity index (χ4n) is 1.63. The summed E-state index contributed by atoms with van der Waals surface area (Å²) >= 11 is 13.4. The molecule has 1 nitrogen and oxygen atoms in total. The molecule has 0 spiro atoms. The lowest BCUT2D eigenvalue weighted by Crippen LogP contribution is -2.13. The summed E-state index contributed by atoms with van der Waals surface area (Å²) in [5, 5.41) is 1.16. The minimum absolute atomic E-state index is 0.239. The van der Waals surface area contributed by atoms with Crippen LogP contribution < -0.4 is 5.73 Å². The average molecular weight is 316 g/mol. The van der Waals surface area contributed by atoms with Gasteiger partial charge in [0.15, 0.2) is 0 Å². The Hall–Kier alpha value is -0.740. The van der Waals surface area contributed by atoms with Crippen molar-refractivity contribution in [2.75, 3.05) is 5.75 Å². The molecule has 0 saturated carbocycles. The predicted octanol–water partition coefficient (Wildman–Crippen LogP) is 4.92. The zero-order valence-electron chi connectivity index (χ0n) is 9.95. The fourth-order valence-corrected chi connectivity index (χ4v) is 2.99. The van der Waals surface area contributed by atoms with E-state index in [1.54, 1.807) is 36.4 Å². The third-order valence-electron chi connectivity index (χ3n) is 2.61. The molecule has 0 aliphatic heterocycles. The Kier molecular flexibility index (Phi) is 5.11. The molecule has 1 unspecified atom stereocenters. The Morgan fingerprint density at radius 3 is 2.63 bits per heavy atom. The second kappa shape index (κ2) is 6.62. The van der Waals surface area contributed by atoms with Crippen LogP contribution in [0.4, 0.5) is 4.39 Å². The topological polar surface area (TPSA) is 26.0 Å². The van der Waals surface area contributed by atoms with E-state index in [4.69, 9.17) is 28.9 Å². The number of hydrogen-bond donors (Lipinski definition) is 1. The van der Waals surface area contributed by atoms with E-state index in [1.165, 1.54) is 17.8 Å². The third kappa shape index (κ3) is 3.86. The van der Waals surface area contributed by atoms with Gasteiger partial charge in [0, 0.05) is 26.7 Å². The van der Waals surface area contributed by atoms with Crippen molar-refractivity contribution in [3.63, 3.8) is 0 Å². The van der Waals surface area contributed by atoms with Crippen molar-refractivity contribution in [1.29, 1.82) is 0 Å². The Morgan fingerprint density at radius 1 is 1.16 bits per heavy atom. The van der Waals surface area contributed by atoms with Crippen LogP contribution in [0, 0.1) is 5.82 Å². The zero-order valence-corrected chi connectivity index (χ0v) is 12.3. The minimum Gasteiger partial charge on any atom is -0.323 e. The molecule has 2 aromatic rings. The number of thioether (sulfide) groups is 1. The summed E-state index contributed by atoms with van der Waals surface area (Å²) < 4.78 is 13.5. The highest BCUT2D eigenvalue weighted by Gasteiger charge is 2.12. The summed E-state index contributed by atoms with van der Waals surface area (Å²) in [6.07, 6.45) is 0. The van der Waals surface area contributed by atoms with Crippen LogP contribution in [0.2, 0.25) is 10.0 Å². The van der Waals surface area contributed by atoms with Crippen molar-refractivity contribution in [2.45, 2.75) is 10.9 Å². The second-order valence-electron chi connectivity index (χ2n) is 4.01. The van der Waals surface area contributed by atoms with Crippen LogP contribution in [-0.2, 0) is 0 Å². The Labute approximate surface area is 125 Å². The molecule has 0 aliphatic carbocycles. The lowest BCUT2D eigenvalue weighted by Gasteiger charge is -2.14. The quantitative estimate of drug-likeness (QED) is 0.810. The van der Waals surface area contributed by atoms with Crippen molar-refractivity contribution in [2.24, 2.45) is 5.73 Å². The first-order valence-corrected chi connectivity index (χ1v) is 7.40. The molecule has 2 aromatic carbocycles. The molecule has 100 valence electrons. The predicted molar refractivity (Wildman–Crippen MR) is 80.5 cm³/mol. The maximum absolute atomic E-state index is 13.5. The molecule has 0 aromatic heterocycles. The van der Waals surface area contributed by atoms with E-state index in [-0.39, 0.29) is 11.9 Å². The normalized spacial score (nSPS) is 12.4. The molecule has 5 heteroatoms. The standard InChI is InChI=1S/C14H12Cl2FNS/c15-9-5-6-11(16)10(7-9)13(18)8-19-14-4-2-1-3-12(14)17/h1-7,13H,8,18H2. The molecule has 2 rings (SSSR count). The van der Waals surface area contributed by atoms with Crippen LogP contribution in [-0.4, -0.2) is 5.75 Å². The Balaban J connectivity index is 2.07. The smallest absolute Gasteiger partial charge is 0.136 e. The molecular weight excluding hydrogens is 304 g/mol. The van der Waals surface area contributed by atoms with Crippen molar-refractivity contribution in [3.05, 3.63) is 63.9 Å². The van der Waals surface area contributed by atoms with Gasteiger partial charge in [0.25, 0.3) is 0 Å². The minimum atomic E-state index is -0.296. The van der Waals surface area contributed by atoms with Crippen molar-refractivity contribution in [1.82, 2.24) is 0 Å². The fraction of sp³-hybridized carbons (Fsp3) is 0.143. The number of hydrogen-bond acceptors (Lipinski definition) is 2. The van der Waals surface area contributed by atoms with Gasteiger partial charge < -0.3 is 5.73 Å². The zero-order chi connectivity index (χ0) is 13.8. The van der Waals surface area contributed by atoms with Crippen LogP contribution in [0.15, 0.2) is 47.4 Å². The van der Waals surface area contributed by atoms with Gasteiger partial charge in [-0.3, -0.25) is 0 Å². The van der Waals surface area contributed by atoms with Crippen molar-refractivity contribution >= 4 is 35.0 Å². The third-order valence-corrected chi connectivity index (χ3v) is 4.36. The molecular formula is C14H12Cl2FNS. The van der Waals surface area contributed by atoms with Gasteiger partial charge in [-0.05, 0) is 35.9 Å². The van der Waals surface area contributed by atoms with E-state index in [9.17, 15) is 4.39 Å². The number of rotatable bonds is 4. The first-order valence-electron chi connectivity index (χ1n) is 5.66. The highest BCUT2D eigenvalue weighted by atomic mass is 35.5. The molecule has 0 aliphatic rings. The summed E-state index contributed by atoms with van der Waals surface area (Å²) in [7, 11) is 0. The van der Waals surface area contributed by atoms with E-state index in [1.807, 2.05) is 0 Å². The molecule has 0 bridgehead atoms. The molecule has 0 heterocycles. The molecule has 19 heavy (non-hydrogen) atoms. The highest BCUT2D eigenvalue weighted by molar-refractivity contribution is 7.99. The SMILES string of the molecule is NC(CSc1ccccc1F)c1cc(Cl)ccc1Cl. The van der Waals surface area contributed by atoms with Crippen molar-refractivity contribution in [3.8, 4) is 0 Å². The van der Waals surface area contributed by atoms with Crippen LogP contribution in [0.3, 0.4) is 0 Å². The van der Waals surface area contributed by atoms with Gasteiger partial charge in [-0.15, -0.1) is 11.8 Å². The van der Waals surface area contributed by atoms with Crippen LogP contribution in [0.25, 0.3) is 0 Å². The van der Waals surface area contributed by atoms with Gasteiger partial charge in [0.05, 0.1) is 0 Å². The average Bonchev–Trinajstić information content (AvgIpc) is 2.40. The number of benzene rings is 2. The number of halogens is 3. The lowest BCUT2D eigenvalue weighted by atomic mass is 10.1. The second-order valence-corrected chi connectivity index (χ2v) is 5.92. The molecule has 1 atom stereocenters. The Morgan fingerprint density at radius 2 is 1.89 bits per heavy atom. The van der Waals surface area contributed by atoms with Crippen LogP contribution in [0.5, 0.6) is 0 Å². The first-order chi connectivity index (χ1) is 9.08. The summed E-state index contributed by atoms with van der Waals surface area (Å²) in [6, 6.07) is 11.5. The molecule has 0 radical (unpaired) electrons. The van der Waals surface area contributed by atoms with Gasteiger partial charge in [0.2, 0.25) is 0 Å². The lowest BCUT2D eigenvalue weighted by molar-refractivity contribution is 0.602. The highest BCUT2D eigenvalue weighted by Crippen LogP contribution is 2.30. The maximum Gasteiger partial charge on any atom is 0.136 e. The molecule has 0 saturated heterocycles. The molecule has 2 N–H and O–H groups in total. The number of nitrogens with two attached hydrogens (primary N) is 1. The summed E-state index contributed by atoms with van der Waals surface area (Å²) in [4.78, 5) is 0.580. The molecule has 0 fully saturated rings. The molecule has 0 amide bonds. The summed E-state index contributed by atoms with van der Waals surface area (Å²) in [5.41, 5.74) is 6.85. The maximum atomic E-state index is 13.5. The van der Waals surface area contributed by atoms with Gasteiger partial charge in [0.1, 0.15) is 5.82 Å². The summed E-state index contributed by atoms with van der Waals surface area (Å²) in [6.45, 7) is 0. The van der Waals surface area contributed by atoms with E-state index < -0.39 is 0 Å². The van der Waals surface area contributed by atoms with E-state index in [0.29, 0.717) is 20.7 Å². The van der Waals surface area contributed by atoms with Gasteiger partial charge >= 0.3 is 0 Å². The van der Waals surface area contributed by atoms with Crippen LogP contribution >= 0.6 is 35.0 Å². The van der Waals surface area contributed by atoms with Crippen molar-refractivity contribution < 1.29 is 4.39 Å². The van der Waals surface area contributed by atoms with E-state index >= 15 is 0 Å². The van der Waals surface area contributed by atoms with Gasteiger partial charge in [-0.2, -0.15) is 0 Å². The monoisotopic (exact) mass is 315 g/mol. The summed E-state index contributed by atoms with van der Waals surface area (Å²) in [5.74, 6) is 0.290. The van der Waals surface area contributed by atoms with E-state index in [2.05, 4.69) is 0 Å². The largest absolute Gasteiger partial charge is 0.323 e. The van der Waals surface area contributed by atoms with E-state index in [0.717, 1.165) is 5.56 Å². The van der Waals surface area contributed by atoms with Gasteiger partial charge in [-0.1, -0.05) is 35.3 Å².